The highest BCUT2D eigenvalue weighted by molar-refractivity contribution is 6.99. The molecule has 4 atom stereocenters. The molecule has 258 valence electrons. The Kier molecular flexibility index (Phi) is 10.4. The van der Waals surface area contributed by atoms with E-state index < -0.39 is 8.32 Å². The predicted octanol–water partition coefficient (Wildman–Crippen LogP) is 7.53. The summed E-state index contributed by atoms with van der Waals surface area (Å²) in [5, 5.41) is 12.5. The summed E-state index contributed by atoms with van der Waals surface area (Å²) >= 11 is 6.40. The number of fused-ring (bicyclic) bond motifs is 3. The minimum Gasteiger partial charge on any atom is -0.508 e. The second-order valence-electron chi connectivity index (χ2n) is 14.8. The fraction of sp³-hybridized carbons (Fsp3) is 0.415. The molecule has 2 saturated heterocycles. The summed E-state index contributed by atoms with van der Waals surface area (Å²) in [7, 11) is -2.86. The number of amides is 2. The van der Waals surface area contributed by atoms with E-state index in [0.29, 0.717) is 31.2 Å². The zero-order valence-electron chi connectivity index (χ0n) is 29.2. The lowest BCUT2D eigenvalue weighted by Crippen LogP contribution is -2.66. The molecule has 8 heteroatoms. The largest absolute Gasteiger partial charge is 0.508 e. The minimum atomic E-state index is -2.86. The van der Waals surface area contributed by atoms with Crippen molar-refractivity contribution in [3.63, 3.8) is 0 Å². The molecule has 0 saturated carbocycles. The standard InChI is InChI=1S/C41H48ClNO5Si/c1-6-21-43-39(45)33-23-29(25-48-49(41(3,4)5,31-13-9-7-10-14-31)32-15-11-8-12-16-32)37-34(38(33)40(43)46)26-47-36(37)20-17-27(2)22-28-18-19-30(44)24-35(28)42/h7-16,18-19,22,24,33-34,36,38,44H,6,17,20-21,23,25-26H2,1-5H3/b27-22+/t33-,34+,36-,38-/m1/s1. The van der Waals surface area contributed by atoms with Gasteiger partial charge >= 0.3 is 0 Å². The maximum Gasteiger partial charge on any atom is 0.261 e. The number of benzene rings is 3. The van der Waals surface area contributed by atoms with Crippen molar-refractivity contribution < 1.29 is 23.9 Å². The van der Waals surface area contributed by atoms with Gasteiger partial charge in [-0.05, 0) is 82.9 Å². The summed E-state index contributed by atoms with van der Waals surface area (Å²) in [5.74, 6) is -0.872. The molecule has 6 nitrogen and oxygen atoms in total. The summed E-state index contributed by atoms with van der Waals surface area (Å²) in [4.78, 5) is 29.1. The van der Waals surface area contributed by atoms with Crippen LogP contribution >= 0.6 is 11.6 Å². The zero-order chi connectivity index (χ0) is 34.9. The molecule has 0 unspecified atom stereocenters. The fourth-order valence-corrected chi connectivity index (χ4v) is 13.2. The lowest BCUT2D eigenvalue weighted by atomic mass is 9.69. The third kappa shape index (κ3) is 6.71. The van der Waals surface area contributed by atoms with Gasteiger partial charge in [-0.3, -0.25) is 14.5 Å². The number of halogens is 1. The lowest BCUT2D eigenvalue weighted by Gasteiger charge is -2.44. The first kappa shape index (κ1) is 35.3. The van der Waals surface area contributed by atoms with Crippen LogP contribution in [0.3, 0.4) is 0 Å². The highest BCUT2D eigenvalue weighted by atomic mass is 35.5. The second kappa shape index (κ2) is 14.4. The molecular weight excluding hydrogens is 650 g/mol. The van der Waals surface area contributed by atoms with E-state index in [1.165, 1.54) is 15.3 Å². The Labute approximate surface area is 296 Å². The number of aromatic hydroxyl groups is 1. The molecule has 2 fully saturated rings. The van der Waals surface area contributed by atoms with Crippen molar-refractivity contribution in [1.29, 1.82) is 0 Å². The lowest BCUT2D eigenvalue weighted by molar-refractivity contribution is -0.140. The molecule has 3 aliphatic rings. The molecule has 2 heterocycles. The SMILES string of the molecule is CCCN1C(=O)[C@@H]2[C@@H](CC(CO[Si](c3ccccc3)(c3ccccc3)C(C)(C)C)=C3[C@@H](CC/C(C)=C/c4ccc(O)cc4Cl)OC[C@@H]32)C1=O. The van der Waals surface area contributed by atoms with Crippen molar-refractivity contribution in [3.8, 4) is 5.75 Å². The molecule has 2 aliphatic heterocycles. The summed E-state index contributed by atoms with van der Waals surface area (Å²) in [6.07, 6.45) is 4.63. The first-order valence-corrected chi connectivity index (χ1v) is 19.8. The maximum absolute atomic E-state index is 13.8. The molecule has 3 aromatic carbocycles. The normalized spacial score (nSPS) is 22.9. The van der Waals surface area contributed by atoms with Crippen LogP contribution in [-0.2, 0) is 18.8 Å². The first-order chi connectivity index (χ1) is 23.5. The van der Waals surface area contributed by atoms with Gasteiger partial charge in [0, 0.05) is 12.5 Å². The van der Waals surface area contributed by atoms with Gasteiger partial charge in [-0.1, -0.05) is 112 Å². The van der Waals surface area contributed by atoms with E-state index in [1.54, 1.807) is 12.1 Å². The van der Waals surface area contributed by atoms with Crippen LogP contribution in [0.2, 0.25) is 10.1 Å². The number of phenols is 1. The van der Waals surface area contributed by atoms with E-state index in [2.05, 4.69) is 76.2 Å². The third-order valence-electron chi connectivity index (χ3n) is 10.6. The van der Waals surface area contributed by atoms with Crippen LogP contribution in [0, 0.1) is 17.8 Å². The number of imide groups is 1. The van der Waals surface area contributed by atoms with Crippen molar-refractivity contribution in [3.05, 3.63) is 106 Å². The van der Waals surface area contributed by atoms with Crippen molar-refractivity contribution in [1.82, 2.24) is 4.90 Å². The molecular formula is C41H48ClNO5Si. The molecule has 6 rings (SSSR count). The minimum absolute atomic E-state index is 0.0476. The fourth-order valence-electron chi connectivity index (χ4n) is 8.40. The number of likely N-dealkylation sites (tertiary alicyclic amines) is 1. The van der Waals surface area contributed by atoms with Gasteiger partial charge in [0.15, 0.2) is 0 Å². The van der Waals surface area contributed by atoms with Gasteiger partial charge in [-0.2, -0.15) is 0 Å². The topological polar surface area (TPSA) is 76.1 Å². The van der Waals surface area contributed by atoms with E-state index in [0.717, 1.165) is 41.5 Å². The predicted molar refractivity (Wildman–Crippen MR) is 198 cm³/mol. The molecule has 1 aliphatic carbocycles. The average Bonchev–Trinajstić information content (AvgIpc) is 3.60. The van der Waals surface area contributed by atoms with Gasteiger partial charge in [0.2, 0.25) is 11.8 Å². The summed E-state index contributed by atoms with van der Waals surface area (Å²) in [6.45, 7) is 12.2. The molecule has 0 bridgehead atoms. The summed E-state index contributed by atoms with van der Waals surface area (Å²) in [6, 6.07) is 26.2. The molecule has 3 aromatic rings. The number of carbonyl (C=O) groups excluding carboxylic acids is 2. The van der Waals surface area contributed by atoms with Crippen molar-refractivity contribution in [2.24, 2.45) is 17.8 Å². The Hall–Kier alpha value is -3.49. The monoisotopic (exact) mass is 697 g/mol. The van der Waals surface area contributed by atoms with Crippen LogP contribution in [0.5, 0.6) is 5.75 Å². The molecule has 0 aromatic heterocycles. The maximum atomic E-state index is 13.8. The Morgan fingerprint density at radius 1 is 1.00 bits per heavy atom. The van der Waals surface area contributed by atoms with Crippen LogP contribution in [0.25, 0.3) is 6.08 Å². The number of ether oxygens (including phenoxy) is 1. The quantitative estimate of drug-likeness (QED) is 0.127. The van der Waals surface area contributed by atoms with Crippen molar-refractivity contribution >= 4 is 48.2 Å². The number of carbonyl (C=O) groups is 2. The molecule has 1 N–H and O–H groups in total. The highest BCUT2D eigenvalue weighted by Crippen LogP contribution is 2.50. The van der Waals surface area contributed by atoms with Crippen molar-refractivity contribution in [2.75, 3.05) is 19.8 Å². The van der Waals surface area contributed by atoms with E-state index in [1.807, 2.05) is 31.2 Å². The summed E-state index contributed by atoms with van der Waals surface area (Å²) in [5.41, 5.74) is 4.27. The average molecular weight is 698 g/mol. The van der Waals surface area contributed by atoms with Gasteiger partial charge in [0.25, 0.3) is 8.32 Å². The van der Waals surface area contributed by atoms with Crippen LogP contribution < -0.4 is 10.4 Å². The molecule has 2 amide bonds. The Morgan fingerprint density at radius 2 is 1.65 bits per heavy atom. The number of phenolic OH excluding ortho intramolecular Hbond substituents is 1. The van der Waals surface area contributed by atoms with Gasteiger partial charge < -0.3 is 14.3 Å². The highest BCUT2D eigenvalue weighted by Gasteiger charge is 2.57. The molecule has 0 spiro atoms. The Balaban J connectivity index is 1.37. The number of hydrogen-bond donors (Lipinski definition) is 1. The molecule has 49 heavy (non-hydrogen) atoms. The smallest absolute Gasteiger partial charge is 0.261 e. The van der Waals surface area contributed by atoms with Crippen molar-refractivity contribution in [2.45, 2.75) is 71.4 Å². The first-order valence-electron chi connectivity index (χ1n) is 17.6. The van der Waals surface area contributed by atoms with Crippen LogP contribution in [0.1, 0.15) is 65.9 Å². The van der Waals surface area contributed by atoms with E-state index in [9.17, 15) is 14.7 Å². The van der Waals surface area contributed by atoms with Crippen LogP contribution in [0.4, 0.5) is 0 Å². The number of hydrogen-bond acceptors (Lipinski definition) is 5. The van der Waals surface area contributed by atoms with Crippen LogP contribution in [0.15, 0.2) is 95.6 Å². The van der Waals surface area contributed by atoms with Gasteiger partial charge in [-0.15, -0.1) is 0 Å². The second-order valence-corrected chi connectivity index (χ2v) is 19.6. The Morgan fingerprint density at radius 3 is 2.24 bits per heavy atom. The van der Waals surface area contributed by atoms with Gasteiger partial charge in [0.1, 0.15) is 5.75 Å². The van der Waals surface area contributed by atoms with Crippen LogP contribution in [-0.4, -0.2) is 56.0 Å². The van der Waals surface area contributed by atoms with Gasteiger partial charge in [0.05, 0.1) is 36.2 Å². The van der Waals surface area contributed by atoms with E-state index in [-0.39, 0.29) is 46.5 Å². The Bertz CT molecular complexity index is 1710. The summed E-state index contributed by atoms with van der Waals surface area (Å²) < 4.78 is 14.0. The van der Waals surface area contributed by atoms with E-state index in [4.69, 9.17) is 20.8 Å². The van der Waals surface area contributed by atoms with E-state index >= 15 is 0 Å². The third-order valence-corrected chi connectivity index (χ3v) is 15.9. The zero-order valence-corrected chi connectivity index (χ0v) is 31.0. The number of rotatable bonds is 11. The van der Waals surface area contributed by atoms with Gasteiger partial charge in [-0.25, -0.2) is 0 Å². The number of nitrogens with zero attached hydrogens (tertiary/aromatic N) is 1. The molecule has 0 radical (unpaired) electrons. The number of allylic oxidation sites excluding steroid dienone is 1.